The summed E-state index contributed by atoms with van der Waals surface area (Å²) in [6, 6.07) is 7.27. The van der Waals surface area contributed by atoms with E-state index >= 15 is 0 Å². The van der Waals surface area contributed by atoms with Gasteiger partial charge < -0.3 is 10.2 Å². The number of aromatic nitrogens is 2. The Morgan fingerprint density at radius 2 is 1.71 bits per heavy atom. The maximum Gasteiger partial charge on any atom is 0.416 e. The lowest BCUT2D eigenvalue weighted by Gasteiger charge is -2.42. The standard InChI is InChI=1S/C35H33ClF3N7O5/c36-25-14-20(35(37,38)39)2-5-26(25)41-33(51)34(10-1-11-34)46-28-18-44(17-19(28)16-40-46)21-8-12-43(13-9-21)22-3-4-23-24(15-22)32(50)45(31(23)49)27-6-7-29(47)42-30(27)48/h2-5,14-16,21,27H,1,6-13,17-18H2,(H,41,51)(H,42,47,48). The molecular formula is C35H33ClF3N7O5. The number of rotatable bonds is 6. The van der Waals surface area contributed by atoms with Gasteiger partial charge in [0.25, 0.3) is 17.7 Å². The van der Waals surface area contributed by atoms with Crippen molar-refractivity contribution in [1.82, 2.24) is 24.9 Å². The molecule has 5 aliphatic rings. The fourth-order valence-electron chi connectivity index (χ4n) is 8.03. The highest BCUT2D eigenvalue weighted by atomic mass is 35.5. The van der Waals surface area contributed by atoms with Crippen LogP contribution in [0.4, 0.5) is 24.5 Å². The number of hydrogen-bond acceptors (Lipinski definition) is 8. The third-order valence-electron chi connectivity index (χ3n) is 11.0. The number of hydrogen-bond donors (Lipinski definition) is 2. The van der Waals surface area contributed by atoms with Crippen LogP contribution in [0.25, 0.3) is 0 Å². The van der Waals surface area contributed by atoms with Gasteiger partial charge in [-0.2, -0.15) is 18.3 Å². The maximum absolute atomic E-state index is 13.7. The Morgan fingerprint density at radius 1 is 0.961 bits per heavy atom. The van der Waals surface area contributed by atoms with E-state index in [0.29, 0.717) is 39.0 Å². The quantitative estimate of drug-likeness (QED) is 0.356. The summed E-state index contributed by atoms with van der Waals surface area (Å²) in [7, 11) is 0. The summed E-state index contributed by atoms with van der Waals surface area (Å²) in [5.74, 6) is -2.50. The number of benzene rings is 2. The Labute approximate surface area is 294 Å². The highest BCUT2D eigenvalue weighted by Gasteiger charge is 2.50. The van der Waals surface area contributed by atoms with Crippen molar-refractivity contribution in [2.75, 3.05) is 23.3 Å². The van der Waals surface area contributed by atoms with Crippen molar-refractivity contribution in [1.29, 1.82) is 0 Å². The molecule has 1 unspecified atom stereocenters. The average Bonchev–Trinajstić information content (AvgIpc) is 3.74. The number of halogens is 4. The van der Waals surface area contributed by atoms with Crippen molar-refractivity contribution in [2.24, 2.45) is 0 Å². The Hall–Kier alpha value is -4.76. The summed E-state index contributed by atoms with van der Waals surface area (Å²) in [5, 5.41) is 9.41. The summed E-state index contributed by atoms with van der Waals surface area (Å²) in [6.07, 6.45) is 0.971. The second-order valence-electron chi connectivity index (χ2n) is 13.9. The largest absolute Gasteiger partial charge is 0.416 e. The van der Waals surface area contributed by atoms with Crippen molar-refractivity contribution in [3.05, 3.63) is 75.6 Å². The molecule has 0 radical (unpaired) electrons. The van der Waals surface area contributed by atoms with Crippen molar-refractivity contribution in [3.63, 3.8) is 0 Å². The Morgan fingerprint density at radius 3 is 2.37 bits per heavy atom. The van der Waals surface area contributed by atoms with Gasteiger partial charge >= 0.3 is 6.18 Å². The van der Waals surface area contributed by atoms with Crippen molar-refractivity contribution >= 4 is 52.5 Å². The number of alkyl halides is 3. The zero-order valence-corrected chi connectivity index (χ0v) is 28.0. The number of imide groups is 2. The molecule has 1 aromatic heterocycles. The first-order chi connectivity index (χ1) is 24.3. The lowest BCUT2D eigenvalue weighted by Crippen LogP contribution is -2.54. The normalized spacial score (nSPS) is 22.2. The van der Waals surface area contributed by atoms with Crippen LogP contribution in [0.2, 0.25) is 5.02 Å². The number of carbonyl (C=O) groups excluding carboxylic acids is 5. The van der Waals surface area contributed by atoms with Crippen LogP contribution in [0.1, 0.15) is 82.5 Å². The van der Waals surface area contributed by atoms with Gasteiger partial charge in [0.1, 0.15) is 11.6 Å². The van der Waals surface area contributed by atoms with E-state index in [4.69, 9.17) is 11.6 Å². The second kappa shape index (κ2) is 12.2. The van der Waals surface area contributed by atoms with Crippen LogP contribution in [0.3, 0.4) is 0 Å². The average molecular weight is 724 g/mol. The first-order valence-corrected chi connectivity index (χ1v) is 17.3. The molecule has 2 N–H and O–H groups in total. The minimum atomic E-state index is -4.55. The van der Waals surface area contributed by atoms with E-state index < -0.39 is 46.9 Å². The molecule has 51 heavy (non-hydrogen) atoms. The number of nitrogens with zero attached hydrogens (tertiary/aromatic N) is 5. The molecule has 5 heterocycles. The molecule has 1 saturated carbocycles. The smallest absolute Gasteiger partial charge is 0.371 e. The summed E-state index contributed by atoms with van der Waals surface area (Å²) in [6.45, 7) is 2.69. The third-order valence-corrected chi connectivity index (χ3v) is 11.3. The SMILES string of the molecule is O=C1CCC(N2C(=O)c3ccc(N4CCC(N5Cc6cnn(C7(C(=O)Nc8ccc(C(F)(F)F)cc8Cl)CCC7)c6C5)CC4)cc3C2=O)C(=O)N1. The fourth-order valence-corrected chi connectivity index (χ4v) is 8.25. The Bertz CT molecular complexity index is 2000. The zero-order valence-electron chi connectivity index (χ0n) is 27.3. The van der Waals surface area contributed by atoms with E-state index in [2.05, 4.69) is 25.5 Å². The Kier molecular flexibility index (Phi) is 7.98. The highest BCUT2D eigenvalue weighted by molar-refractivity contribution is 6.33. The monoisotopic (exact) mass is 723 g/mol. The van der Waals surface area contributed by atoms with Crippen LogP contribution >= 0.6 is 11.6 Å². The zero-order chi connectivity index (χ0) is 35.8. The molecule has 0 spiro atoms. The van der Waals surface area contributed by atoms with Crippen molar-refractivity contribution in [2.45, 2.75) is 81.8 Å². The summed E-state index contributed by atoms with van der Waals surface area (Å²) in [5.41, 5.74) is 1.55. The molecule has 4 aliphatic heterocycles. The van der Waals surface area contributed by atoms with Gasteiger partial charge in [-0.1, -0.05) is 11.6 Å². The number of fused-ring (bicyclic) bond motifs is 2. The van der Waals surface area contributed by atoms with Crippen LogP contribution in [-0.2, 0) is 39.2 Å². The molecule has 16 heteroatoms. The van der Waals surface area contributed by atoms with Crippen molar-refractivity contribution in [3.8, 4) is 0 Å². The van der Waals surface area contributed by atoms with E-state index in [0.717, 1.165) is 53.2 Å². The topological polar surface area (TPSA) is 137 Å². The lowest BCUT2D eigenvalue weighted by molar-refractivity contribution is -0.138. The van der Waals surface area contributed by atoms with E-state index in [1.54, 1.807) is 23.0 Å². The molecular weight excluding hydrogens is 691 g/mol. The number of anilines is 2. The Balaban J connectivity index is 0.915. The van der Waals surface area contributed by atoms with Crippen LogP contribution in [-0.4, -0.2) is 74.3 Å². The molecule has 0 bridgehead atoms. The summed E-state index contributed by atoms with van der Waals surface area (Å²) < 4.78 is 41.2. The maximum atomic E-state index is 13.7. The van der Waals surface area contributed by atoms with Crippen molar-refractivity contribution < 1.29 is 37.1 Å². The number of piperidine rings is 2. The molecule has 12 nitrogen and oxygen atoms in total. The van der Waals surface area contributed by atoms with E-state index in [1.807, 2.05) is 6.07 Å². The first kappa shape index (κ1) is 33.4. The van der Waals surface area contributed by atoms with Gasteiger partial charge in [-0.15, -0.1) is 0 Å². The van der Waals surface area contributed by atoms with E-state index in [9.17, 15) is 37.1 Å². The fraction of sp³-hybridized carbons (Fsp3) is 0.429. The van der Waals surface area contributed by atoms with Gasteiger partial charge in [0.15, 0.2) is 0 Å². The van der Waals surface area contributed by atoms with Crippen LogP contribution < -0.4 is 15.5 Å². The van der Waals surface area contributed by atoms with Crippen LogP contribution in [0.5, 0.6) is 0 Å². The lowest BCUT2D eigenvalue weighted by atomic mass is 9.75. The molecule has 5 amide bonds. The highest BCUT2D eigenvalue weighted by Crippen LogP contribution is 2.44. The number of amides is 5. The van der Waals surface area contributed by atoms with E-state index in [-0.39, 0.29) is 46.6 Å². The van der Waals surface area contributed by atoms with Gasteiger partial charge in [0.05, 0.1) is 39.3 Å². The molecule has 3 aromatic rings. The third kappa shape index (κ3) is 5.57. The number of nitrogens with one attached hydrogen (secondary N) is 2. The molecule has 1 atom stereocenters. The predicted octanol–water partition coefficient (Wildman–Crippen LogP) is 4.46. The molecule has 2 saturated heterocycles. The van der Waals surface area contributed by atoms with Gasteiger partial charge in [0, 0.05) is 49.9 Å². The molecule has 1 aliphatic carbocycles. The number of carbonyl (C=O) groups is 5. The van der Waals surface area contributed by atoms with Gasteiger partial charge in [-0.25, -0.2) is 0 Å². The molecule has 3 fully saturated rings. The second-order valence-corrected chi connectivity index (χ2v) is 14.3. The summed E-state index contributed by atoms with van der Waals surface area (Å²) in [4.78, 5) is 69.7. The van der Waals surface area contributed by atoms with Gasteiger partial charge in [0.2, 0.25) is 11.8 Å². The minimum Gasteiger partial charge on any atom is -0.371 e. The molecule has 8 rings (SSSR count). The minimum absolute atomic E-state index is 0.0573. The molecule has 266 valence electrons. The first-order valence-electron chi connectivity index (χ1n) is 16.9. The predicted molar refractivity (Wildman–Crippen MR) is 177 cm³/mol. The van der Waals surface area contributed by atoms with Crippen LogP contribution in [0, 0.1) is 0 Å². The van der Waals surface area contributed by atoms with Crippen LogP contribution in [0.15, 0.2) is 42.6 Å². The summed E-state index contributed by atoms with van der Waals surface area (Å²) >= 11 is 6.14. The van der Waals surface area contributed by atoms with Gasteiger partial charge in [-0.05, 0) is 74.9 Å². The van der Waals surface area contributed by atoms with E-state index in [1.165, 1.54) is 6.07 Å². The van der Waals surface area contributed by atoms with Gasteiger partial charge in [-0.3, -0.25) is 43.8 Å². The molecule has 2 aromatic carbocycles.